The number of hydrogen-bond donors (Lipinski definition) is 1. The molecule has 0 aromatic heterocycles. The zero-order valence-corrected chi connectivity index (χ0v) is 52.9. The van der Waals surface area contributed by atoms with E-state index in [9.17, 15) is 14.9 Å². The standard InChI is InChI=1S/C13H16BrNOSi.C10H9BrO3.C9H7BrO2.C4H9NSi.C4H8O.2ClH.2HI.Sn.Zn/c1-17(2,3)13(9-15)6-7-16-12-8-10(14)4-5-11(12)13;11-6-1-2-7-8(10(12)13)3-4-14-9(7)5-6;10-6-1-2-7-8(11)3-4-12-9(7)5-6;1-6(2,3)4-5;1-2-4-5-3-1;;;;;;/h4-5,8H,6-7H2,1-3H3;1-2,5,8H,3-4H2,(H,12,13);1-2,5H,3-4H2;1-3H3;1-4H2;4*1H;;/q;;;;;;;;;2*+2/p-4. The number of aliphatic carboxylic acids is 1. The molecule has 1 saturated heterocycles. The number of nitriles is 2. The summed E-state index contributed by atoms with van der Waals surface area (Å²) in [4.78, 5) is 22.2. The van der Waals surface area contributed by atoms with Crippen molar-refractivity contribution in [2.75, 3.05) is 33.0 Å². The summed E-state index contributed by atoms with van der Waals surface area (Å²) in [6, 6.07) is 19.5. The van der Waals surface area contributed by atoms with E-state index in [0.717, 1.165) is 49.9 Å². The Hall–Kier alpha value is 0.476. The monoisotopic (exact) mass is 1470 g/mol. The molecule has 20 heteroatoms. The van der Waals surface area contributed by atoms with Crippen LogP contribution in [-0.4, -0.2) is 84.9 Å². The van der Waals surface area contributed by atoms with Gasteiger partial charge in [0.05, 0.1) is 50.5 Å². The van der Waals surface area contributed by atoms with Crippen LogP contribution >= 0.6 is 105 Å². The fraction of sp³-hybridized carbons (Fsp3) is 0.450. The molecule has 3 aromatic carbocycles. The Labute approximate surface area is 429 Å². The molecule has 2 unspecified atom stereocenters. The fourth-order valence-corrected chi connectivity index (χ4v) is 9.07. The molecule has 0 spiro atoms. The van der Waals surface area contributed by atoms with E-state index in [1.165, 1.54) is 12.8 Å². The van der Waals surface area contributed by atoms with Crippen LogP contribution in [-0.2, 0) is 24.7 Å². The number of carboxylic acids is 1. The summed E-state index contributed by atoms with van der Waals surface area (Å²) < 4.78 is 24.2. The van der Waals surface area contributed by atoms with Crippen LogP contribution in [0.2, 0.25) is 39.3 Å². The minimum atomic E-state index is -1.63. The molecule has 2 atom stereocenters. The minimum absolute atomic E-state index is 0.0650. The van der Waals surface area contributed by atoms with Crippen LogP contribution in [0.4, 0.5) is 0 Å². The number of hydrogen-bond acceptors (Lipinski definition) is 8. The number of benzene rings is 3. The summed E-state index contributed by atoms with van der Waals surface area (Å²) in [5, 5.41) is 26.6. The van der Waals surface area contributed by atoms with E-state index >= 15 is 0 Å². The average Bonchev–Trinajstić information content (AvgIpc) is 3.79. The Bertz CT molecular complexity index is 1910. The molecule has 1 fully saturated rings. The average molecular weight is 1470 g/mol. The predicted octanol–water partition coefficient (Wildman–Crippen LogP) is 13.6. The maximum absolute atomic E-state index is 11.3. The molecule has 2 radical (unpaired) electrons. The molecule has 0 saturated carbocycles. The van der Waals surface area contributed by atoms with Crippen LogP contribution in [0.25, 0.3) is 0 Å². The van der Waals surface area contributed by atoms with Gasteiger partial charge in [0, 0.05) is 56.3 Å². The number of nitrogens with zero attached hydrogens (tertiary/aromatic N) is 2. The van der Waals surface area contributed by atoms with Crippen molar-refractivity contribution >= 4 is 152 Å². The molecule has 0 bridgehead atoms. The number of carboxylic acid groups (broad SMARTS) is 1. The topological polar surface area (TPSA) is 139 Å². The number of carbonyl (C=O) groups is 2. The number of fused-ring (bicyclic) bond motifs is 3. The van der Waals surface area contributed by atoms with Crippen LogP contribution in [0, 0.1) is 22.3 Å². The van der Waals surface area contributed by atoms with E-state index in [2.05, 4.69) is 119 Å². The zero-order valence-electron chi connectivity index (χ0n) is 34.5. The van der Waals surface area contributed by atoms with Gasteiger partial charge < -0.3 is 24.1 Å². The summed E-state index contributed by atoms with van der Waals surface area (Å²) in [6.07, 6.45) is 4.41. The zero-order chi connectivity index (χ0) is 45.5. The number of ether oxygens (including phenoxy) is 4. The summed E-state index contributed by atoms with van der Waals surface area (Å²) >= 11 is 14.2. The second kappa shape index (κ2) is 30.6. The number of ketones is 1. The van der Waals surface area contributed by atoms with Gasteiger partial charge in [-0.25, -0.2) is 5.26 Å². The Morgan fingerprint density at radius 2 is 1.32 bits per heavy atom. The van der Waals surface area contributed by atoms with Crippen LogP contribution < -0.4 is 14.2 Å². The second-order valence-electron chi connectivity index (χ2n) is 15.2. The van der Waals surface area contributed by atoms with Crippen molar-refractivity contribution in [2.24, 2.45) is 0 Å². The Kier molecular flexibility index (Phi) is 29.9. The summed E-state index contributed by atoms with van der Waals surface area (Å²) in [5.41, 5.74) is 4.79. The third-order valence-corrected chi connectivity index (χ3v) is 14.3. The van der Waals surface area contributed by atoms with E-state index in [1.807, 2.05) is 62.1 Å². The van der Waals surface area contributed by atoms with Crippen LogP contribution in [0.15, 0.2) is 68.0 Å². The van der Waals surface area contributed by atoms with Crippen LogP contribution in [0.1, 0.15) is 59.5 Å². The van der Waals surface area contributed by atoms with E-state index in [1.54, 1.807) is 12.1 Å². The third-order valence-electron chi connectivity index (χ3n) is 8.92. The van der Waals surface area contributed by atoms with Gasteiger partial charge in [0.15, 0.2) is 13.9 Å². The number of Topliss-reactive ketones (excluding diaryl/α,β-unsaturated/α-hetero) is 1. The van der Waals surface area contributed by atoms with Gasteiger partial charge in [0.25, 0.3) is 0 Å². The van der Waals surface area contributed by atoms with E-state index in [-0.39, 0.29) is 20.9 Å². The van der Waals surface area contributed by atoms with E-state index in [4.69, 9.17) is 47.2 Å². The Balaban J connectivity index is 0.000000381. The molecule has 9 nitrogen and oxygen atoms in total. The number of halogens is 7. The molecule has 7 rings (SSSR count). The normalized spacial score (nSPS) is 17.8. The quantitative estimate of drug-likeness (QED) is 0.196. The summed E-state index contributed by atoms with van der Waals surface area (Å²) in [7, 11) is 6.98. The van der Waals surface area contributed by atoms with Gasteiger partial charge in [-0.3, -0.25) is 9.59 Å². The SMILES string of the molecule is C1CCOC1.C[Si](C)(C)C#N.C[Si](C)(C)C1(C#N)CCOc2cc(Br)ccc21.O=C(O)C1CCOc2cc(Br)ccc21.O=C1CCOc2cc(Br)ccc21.[Cl][Sn][Cl].[I][Zn][I]. The van der Waals surface area contributed by atoms with Gasteiger partial charge in [0.1, 0.15) is 17.2 Å². The van der Waals surface area contributed by atoms with Crippen molar-refractivity contribution in [1.82, 2.24) is 0 Å². The van der Waals surface area contributed by atoms with Crippen LogP contribution in [0.5, 0.6) is 17.2 Å². The Morgan fingerprint density at radius 1 is 0.833 bits per heavy atom. The molecule has 1 N–H and O–H groups in total. The first-order chi connectivity index (χ1) is 28.2. The van der Waals surface area contributed by atoms with Crippen molar-refractivity contribution in [3.63, 3.8) is 0 Å². The summed E-state index contributed by atoms with van der Waals surface area (Å²) in [5.74, 6) is 1.21. The van der Waals surface area contributed by atoms with Crippen molar-refractivity contribution in [3.05, 3.63) is 84.7 Å². The molecule has 4 aliphatic rings. The Morgan fingerprint density at radius 3 is 1.80 bits per heavy atom. The van der Waals surface area contributed by atoms with Crippen molar-refractivity contribution < 1.29 is 43.7 Å². The molecule has 324 valence electrons. The fourth-order valence-electron chi connectivity index (χ4n) is 5.84. The first-order valence-electron chi connectivity index (χ1n) is 18.8. The second-order valence-corrected chi connectivity index (χ2v) is 55.8. The first kappa shape index (κ1) is 58.5. The maximum atomic E-state index is 11.3. The van der Waals surface area contributed by atoms with Gasteiger partial charge in [-0.15, -0.1) is 0 Å². The first-order valence-corrected chi connectivity index (χ1v) is 53.5. The van der Waals surface area contributed by atoms with E-state index < -0.39 is 46.9 Å². The predicted molar refractivity (Wildman–Crippen MR) is 273 cm³/mol. The molecule has 0 amide bonds. The molecule has 0 aliphatic carbocycles. The molecular formula is C40H49Br3Cl2I2N2O7Si2SnZn. The van der Waals surface area contributed by atoms with E-state index in [0.29, 0.717) is 49.7 Å². The van der Waals surface area contributed by atoms with Crippen LogP contribution in [0.3, 0.4) is 0 Å². The van der Waals surface area contributed by atoms with Crippen molar-refractivity contribution in [1.29, 1.82) is 10.5 Å². The number of rotatable bonds is 2. The van der Waals surface area contributed by atoms with Crippen molar-refractivity contribution in [2.45, 2.75) is 82.3 Å². The molecule has 4 heterocycles. The molecule has 4 aliphatic heterocycles. The molecular weight excluding hydrogens is 1430 g/mol. The van der Waals surface area contributed by atoms with Gasteiger partial charge >= 0.3 is 92.3 Å². The van der Waals surface area contributed by atoms with Gasteiger partial charge in [-0.1, -0.05) is 99.2 Å². The van der Waals surface area contributed by atoms with Gasteiger partial charge in [0.2, 0.25) is 0 Å². The molecule has 3 aromatic rings. The summed E-state index contributed by atoms with van der Waals surface area (Å²) in [6.45, 7) is 16.4. The third kappa shape index (κ3) is 20.8. The molecule has 60 heavy (non-hydrogen) atoms. The van der Waals surface area contributed by atoms with Gasteiger partial charge in [-0.2, -0.15) is 5.26 Å². The van der Waals surface area contributed by atoms with Gasteiger partial charge in [-0.05, 0) is 61.7 Å². The number of carbonyl (C=O) groups excluding carboxylic acids is 1. The van der Waals surface area contributed by atoms with Crippen molar-refractivity contribution in [3.8, 4) is 29.0 Å².